The van der Waals surface area contributed by atoms with Gasteiger partial charge in [0.15, 0.2) is 0 Å². The average molecular weight is 325 g/mol. The van der Waals surface area contributed by atoms with Crippen molar-refractivity contribution in [3.05, 3.63) is 34.9 Å². The number of hydrogen-bond acceptors (Lipinski definition) is 3. The standard InChI is InChI=1S/C15H17ClN2O2S/c16-12-5-2-1-4-11(12)13-6-3-7-18(13)14(19)8-17-10-21-9-15(17)20/h1-2,4-5,13H,3,6-10H2/t13-/m1/s1. The minimum atomic E-state index is 0.0215. The van der Waals surface area contributed by atoms with Gasteiger partial charge in [-0.1, -0.05) is 29.8 Å². The van der Waals surface area contributed by atoms with Crippen molar-refractivity contribution in [2.24, 2.45) is 0 Å². The van der Waals surface area contributed by atoms with Gasteiger partial charge in [0.2, 0.25) is 11.8 Å². The summed E-state index contributed by atoms with van der Waals surface area (Å²) in [6.45, 7) is 0.927. The Morgan fingerprint density at radius 3 is 2.90 bits per heavy atom. The van der Waals surface area contributed by atoms with Crippen molar-refractivity contribution in [2.75, 3.05) is 24.7 Å². The van der Waals surface area contributed by atoms with Crippen LogP contribution < -0.4 is 0 Å². The van der Waals surface area contributed by atoms with Crippen LogP contribution in [0.15, 0.2) is 24.3 Å². The van der Waals surface area contributed by atoms with Crippen molar-refractivity contribution in [2.45, 2.75) is 18.9 Å². The third kappa shape index (κ3) is 3.04. The molecule has 0 aromatic heterocycles. The molecule has 2 amide bonds. The first-order valence-corrected chi connectivity index (χ1v) is 8.59. The predicted octanol–water partition coefficient (Wildman–Crippen LogP) is 2.54. The highest BCUT2D eigenvalue weighted by Crippen LogP contribution is 2.35. The Hall–Kier alpha value is -1.20. The fraction of sp³-hybridized carbons (Fsp3) is 0.467. The lowest BCUT2D eigenvalue weighted by Gasteiger charge is -2.27. The first kappa shape index (κ1) is 14.7. The molecule has 2 saturated heterocycles. The normalized spacial score (nSPS) is 22.1. The van der Waals surface area contributed by atoms with Crippen LogP contribution in [0.4, 0.5) is 0 Å². The number of rotatable bonds is 3. The van der Waals surface area contributed by atoms with Gasteiger partial charge in [0.05, 0.1) is 17.7 Å². The van der Waals surface area contributed by atoms with Crippen molar-refractivity contribution in [3.8, 4) is 0 Å². The van der Waals surface area contributed by atoms with E-state index in [1.54, 1.807) is 16.7 Å². The van der Waals surface area contributed by atoms with Crippen molar-refractivity contribution in [1.82, 2.24) is 9.80 Å². The Morgan fingerprint density at radius 1 is 1.38 bits per heavy atom. The van der Waals surface area contributed by atoms with Crippen molar-refractivity contribution >= 4 is 35.2 Å². The first-order valence-electron chi connectivity index (χ1n) is 7.06. The molecule has 0 radical (unpaired) electrons. The lowest BCUT2D eigenvalue weighted by molar-refractivity contribution is -0.138. The monoisotopic (exact) mass is 324 g/mol. The van der Waals surface area contributed by atoms with Gasteiger partial charge in [0.25, 0.3) is 0 Å². The Bertz CT molecular complexity index is 566. The molecule has 0 bridgehead atoms. The number of carbonyl (C=O) groups excluding carboxylic acids is 2. The van der Waals surface area contributed by atoms with Crippen LogP contribution in [0.5, 0.6) is 0 Å². The molecular formula is C15H17ClN2O2S. The molecule has 2 aliphatic rings. The number of halogens is 1. The number of amides is 2. The molecule has 0 aliphatic carbocycles. The van der Waals surface area contributed by atoms with E-state index in [-0.39, 0.29) is 24.4 Å². The van der Waals surface area contributed by atoms with E-state index in [0.29, 0.717) is 16.7 Å². The third-order valence-corrected chi connectivity index (χ3v) is 5.28. The van der Waals surface area contributed by atoms with E-state index in [2.05, 4.69) is 0 Å². The van der Waals surface area contributed by atoms with Gasteiger partial charge in [-0.2, -0.15) is 0 Å². The molecule has 21 heavy (non-hydrogen) atoms. The fourth-order valence-electron chi connectivity index (χ4n) is 2.93. The minimum absolute atomic E-state index is 0.0215. The van der Waals surface area contributed by atoms with Crippen LogP contribution in [0.25, 0.3) is 0 Å². The zero-order valence-corrected chi connectivity index (χ0v) is 13.2. The number of hydrogen-bond donors (Lipinski definition) is 0. The molecule has 112 valence electrons. The van der Waals surface area contributed by atoms with E-state index >= 15 is 0 Å². The molecule has 2 aliphatic heterocycles. The smallest absolute Gasteiger partial charge is 0.242 e. The van der Waals surface area contributed by atoms with Gasteiger partial charge in [-0.15, -0.1) is 11.8 Å². The molecule has 4 nitrogen and oxygen atoms in total. The molecular weight excluding hydrogens is 308 g/mol. The van der Waals surface area contributed by atoms with Gasteiger partial charge >= 0.3 is 0 Å². The third-order valence-electron chi connectivity index (χ3n) is 3.99. The summed E-state index contributed by atoms with van der Waals surface area (Å²) in [6, 6.07) is 7.72. The lowest BCUT2D eigenvalue weighted by Crippen LogP contribution is -2.40. The maximum Gasteiger partial charge on any atom is 0.242 e. The van der Waals surface area contributed by atoms with E-state index in [4.69, 9.17) is 11.6 Å². The average Bonchev–Trinajstić information content (AvgIpc) is 3.09. The van der Waals surface area contributed by atoms with Crippen molar-refractivity contribution < 1.29 is 9.59 Å². The number of nitrogens with zero attached hydrogens (tertiary/aromatic N) is 2. The van der Waals surface area contributed by atoms with E-state index < -0.39 is 0 Å². The maximum absolute atomic E-state index is 12.5. The van der Waals surface area contributed by atoms with Gasteiger partial charge in [-0.05, 0) is 24.5 Å². The summed E-state index contributed by atoms with van der Waals surface area (Å²) in [5, 5.41) is 0.704. The zero-order chi connectivity index (χ0) is 14.8. The lowest BCUT2D eigenvalue weighted by atomic mass is 10.0. The van der Waals surface area contributed by atoms with Gasteiger partial charge in [0, 0.05) is 11.6 Å². The molecule has 1 atom stereocenters. The number of carbonyl (C=O) groups is 2. The number of likely N-dealkylation sites (tertiary alicyclic amines) is 1. The van der Waals surface area contributed by atoms with Crippen molar-refractivity contribution in [1.29, 1.82) is 0 Å². The molecule has 0 unspecified atom stereocenters. The summed E-state index contributed by atoms with van der Waals surface area (Å²) in [5.41, 5.74) is 1.01. The second-order valence-electron chi connectivity index (χ2n) is 5.34. The summed E-state index contributed by atoms with van der Waals surface area (Å²) in [4.78, 5) is 27.7. The largest absolute Gasteiger partial charge is 0.334 e. The zero-order valence-electron chi connectivity index (χ0n) is 11.6. The van der Waals surface area contributed by atoms with E-state index in [0.717, 1.165) is 24.9 Å². The van der Waals surface area contributed by atoms with E-state index in [1.165, 1.54) is 0 Å². The highest BCUT2D eigenvalue weighted by Gasteiger charge is 2.33. The molecule has 0 saturated carbocycles. The van der Waals surface area contributed by atoms with Crippen molar-refractivity contribution in [3.63, 3.8) is 0 Å². The second-order valence-corrected chi connectivity index (χ2v) is 6.70. The maximum atomic E-state index is 12.5. The molecule has 6 heteroatoms. The molecule has 2 fully saturated rings. The second kappa shape index (κ2) is 6.28. The molecule has 0 spiro atoms. The van der Waals surface area contributed by atoms with Gasteiger partial charge < -0.3 is 9.80 Å². The van der Waals surface area contributed by atoms with E-state index in [1.807, 2.05) is 29.2 Å². The first-order chi connectivity index (χ1) is 10.2. The molecule has 1 aromatic carbocycles. The van der Waals surface area contributed by atoms with Crippen LogP contribution in [-0.2, 0) is 9.59 Å². The number of thioether (sulfide) groups is 1. The van der Waals surface area contributed by atoms with Gasteiger partial charge in [0.1, 0.15) is 6.54 Å². The van der Waals surface area contributed by atoms with Crippen LogP contribution in [0.2, 0.25) is 5.02 Å². The van der Waals surface area contributed by atoms with Crippen LogP contribution in [-0.4, -0.2) is 46.3 Å². The summed E-state index contributed by atoms with van der Waals surface area (Å²) < 4.78 is 0. The van der Waals surface area contributed by atoms with Gasteiger partial charge in [-0.3, -0.25) is 9.59 Å². The Morgan fingerprint density at radius 2 is 2.19 bits per heavy atom. The topological polar surface area (TPSA) is 40.6 Å². The van der Waals surface area contributed by atoms with E-state index in [9.17, 15) is 9.59 Å². The Balaban J connectivity index is 1.73. The quantitative estimate of drug-likeness (QED) is 0.858. The highest BCUT2D eigenvalue weighted by molar-refractivity contribution is 8.00. The summed E-state index contributed by atoms with van der Waals surface area (Å²) >= 11 is 7.82. The van der Waals surface area contributed by atoms with Gasteiger partial charge in [-0.25, -0.2) is 0 Å². The minimum Gasteiger partial charge on any atom is -0.334 e. The van der Waals surface area contributed by atoms with Crippen LogP contribution in [0, 0.1) is 0 Å². The predicted molar refractivity (Wildman–Crippen MR) is 84.2 cm³/mol. The Labute approximate surface area is 133 Å². The number of benzene rings is 1. The molecule has 1 aromatic rings. The highest BCUT2D eigenvalue weighted by atomic mass is 35.5. The summed E-state index contributed by atoms with van der Waals surface area (Å²) in [5.74, 6) is 1.19. The fourth-order valence-corrected chi connectivity index (χ4v) is 4.09. The van der Waals surface area contributed by atoms with Crippen LogP contribution >= 0.6 is 23.4 Å². The van der Waals surface area contributed by atoms with Crippen LogP contribution in [0.1, 0.15) is 24.4 Å². The Kier molecular flexibility index (Phi) is 4.40. The summed E-state index contributed by atoms with van der Waals surface area (Å²) in [7, 11) is 0. The molecule has 3 rings (SSSR count). The molecule has 0 N–H and O–H groups in total. The SMILES string of the molecule is O=C1CSCN1CC(=O)N1CCC[C@@H]1c1ccccc1Cl. The van der Waals surface area contributed by atoms with Crippen LogP contribution in [0.3, 0.4) is 0 Å². The summed E-state index contributed by atoms with van der Waals surface area (Å²) in [6.07, 6.45) is 1.91. The molecule has 2 heterocycles.